The molecule has 3 saturated carbocycles. The minimum atomic E-state index is 1.21. The number of rotatable bonds is 0. The van der Waals surface area contributed by atoms with Crippen molar-refractivity contribution in [2.24, 2.45) is 23.7 Å². The van der Waals surface area contributed by atoms with Crippen molar-refractivity contribution < 1.29 is 0 Å². The lowest BCUT2D eigenvalue weighted by Gasteiger charge is -2.04. The quantitative estimate of drug-likeness (QED) is 0.445. The molecule has 0 aromatic carbocycles. The normalized spacial score (nSPS) is 66.0. The van der Waals surface area contributed by atoms with E-state index < -0.39 is 0 Å². The van der Waals surface area contributed by atoms with Crippen LogP contribution in [-0.4, -0.2) is 0 Å². The Balaban J connectivity index is 2.02. The number of hydrogen-bond acceptors (Lipinski definition) is 0. The third-order valence-electron chi connectivity index (χ3n) is 3.62. The van der Waals surface area contributed by atoms with E-state index in [2.05, 4.69) is 0 Å². The van der Waals surface area contributed by atoms with Gasteiger partial charge in [-0.3, -0.25) is 0 Å². The van der Waals surface area contributed by atoms with Crippen molar-refractivity contribution in [1.29, 1.82) is 0 Å². The Morgan fingerprint density at radius 3 is 1.75 bits per heavy atom. The second-order valence-electron chi connectivity index (χ2n) is 3.90. The minimum Gasteiger partial charge on any atom is -0.0499 e. The van der Waals surface area contributed by atoms with Gasteiger partial charge in [0, 0.05) is 0 Å². The molecule has 8 heavy (non-hydrogen) atoms. The first kappa shape index (κ1) is 3.92. The summed E-state index contributed by atoms with van der Waals surface area (Å²) in [6.45, 7) is 0. The van der Waals surface area contributed by atoms with Gasteiger partial charge in [0.15, 0.2) is 0 Å². The Morgan fingerprint density at radius 2 is 1.38 bits per heavy atom. The van der Waals surface area contributed by atoms with E-state index in [1.54, 1.807) is 25.7 Å². The third kappa shape index (κ3) is 0.284. The van der Waals surface area contributed by atoms with Gasteiger partial charge in [-0.25, -0.2) is 0 Å². The SMILES string of the molecule is C1CC2CC1C1CC21. The van der Waals surface area contributed by atoms with Crippen molar-refractivity contribution in [1.82, 2.24) is 0 Å². The van der Waals surface area contributed by atoms with Gasteiger partial charge in [-0.2, -0.15) is 0 Å². The first-order valence-electron chi connectivity index (χ1n) is 3.95. The van der Waals surface area contributed by atoms with Crippen LogP contribution < -0.4 is 0 Å². The number of hydrogen-bond donors (Lipinski definition) is 0. The van der Waals surface area contributed by atoms with Crippen LogP contribution >= 0.6 is 0 Å². The van der Waals surface area contributed by atoms with Crippen molar-refractivity contribution >= 4 is 0 Å². The molecule has 3 aliphatic rings. The van der Waals surface area contributed by atoms with Crippen LogP contribution in [0, 0.1) is 23.7 Å². The Morgan fingerprint density at radius 1 is 0.750 bits per heavy atom. The first-order chi connectivity index (χ1) is 3.95. The van der Waals surface area contributed by atoms with Gasteiger partial charge in [0.1, 0.15) is 0 Å². The van der Waals surface area contributed by atoms with Gasteiger partial charge in [-0.15, -0.1) is 0 Å². The standard InChI is InChI=1S/C8H12/c1-2-6-3-5(1)7-4-8(6)7/h5-8H,1-4H2. The lowest BCUT2D eigenvalue weighted by molar-refractivity contribution is 0.456. The van der Waals surface area contributed by atoms with Crippen LogP contribution in [0.3, 0.4) is 0 Å². The van der Waals surface area contributed by atoms with Crippen molar-refractivity contribution in [3.63, 3.8) is 0 Å². The largest absolute Gasteiger partial charge is 0.0499 e. The van der Waals surface area contributed by atoms with E-state index in [9.17, 15) is 0 Å². The maximum absolute atomic E-state index is 1.62. The molecule has 0 saturated heterocycles. The highest BCUT2D eigenvalue weighted by atomic mass is 14.6. The van der Waals surface area contributed by atoms with Gasteiger partial charge in [0.2, 0.25) is 0 Å². The summed E-state index contributed by atoms with van der Waals surface area (Å²) in [7, 11) is 0. The average Bonchev–Trinajstić information content (AvgIpc) is 2.39. The molecule has 0 aromatic rings. The fraction of sp³-hybridized carbons (Fsp3) is 1.00. The molecule has 0 heteroatoms. The topological polar surface area (TPSA) is 0 Å². The summed E-state index contributed by atoms with van der Waals surface area (Å²) >= 11 is 0. The van der Waals surface area contributed by atoms with E-state index in [0.29, 0.717) is 0 Å². The van der Waals surface area contributed by atoms with Gasteiger partial charge >= 0.3 is 0 Å². The van der Waals surface area contributed by atoms with Crippen LogP contribution in [0.1, 0.15) is 25.7 Å². The second kappa shape index (κ2) is 0.984. The van der Waals surface area contributed by atoms with Crippen LogP contribution in [0.4, 0.5) is 0 Å². The van der Waals surface area contributed by atoms with Crippen LogP contribution in [0.15, 0.2) is 0 Å². The molecule has 0 spiro atoms. The lowest BCUT2D eigenvalue weighted by atomic mass is 10.0. The van der Waals surface area contributed by atoms with Crippen molar-refractivity contribution in [2.45, 2.75) is 25.7 Å². The molecule has 4 unspecified atom stereocenters. The van der Waals surface area contributed by atoms with E-state index in [-0.39, 0.29) is 0 Å². The molecule has 44 valence electrons. The van der Waals surface area contributed by atoms with Gasteiger partial charge < -0.3 is 0 Å². The van der Waals surface area contributed by atoms with Crippen LogP contribution in [0.25, 0.3) is 0 Å². The highest BCUT2D eigenvalue weighted by molar-refractivity contribution is 5.06. The summed E-state index contributed by atoms with van der Waals surface area (Å²) in [5, 5.41) is 0. The van der Waals surface area contributed by atoms with Crippen LogP contribution in [0.2, 0.25) is 0 Å². The van der Waals surface area contributed by atoms with Crippen molar-refractivity contribution in [3.8, 4) is 0 Å². The summed E-state index contributed by atoms with van der Waals surface area (Å²) in [5.41, 5.74) is 0. The zero-order valence-corrected chi connectivity index (χ0v) is 5.14. The molecule has 2 bridgehead atoms. The molecule has 0 amide bonds. The van der Waals surface area contributed by atoms with E-state index in [1.807, 2.05) is 0 Å². The molecular formula is C8H12. The molecule has 0 radical (unpaired) electrons. The summed E-state index contributed by atoms with van der Waals surface area (Å²) in [5.74, 6) is 4.91. The Hall–Kier alpha value is 0. The van der Waals surface area contributed by atoms with E-state index in [4.69, 9.17) is 0 Å². The predicted octanol–water partition coefficient (Wildman–Crippen LogP) is 2.05. The predicted molar refractivity (Wildman–Crippen MR) is 32.4 cm³/mol. The molecule has 0 nitrogen and oxygen atoms in total. The van der Waals surface area contributed by atoms with Crippen LogP contribution in [-0.2, 0) is 0 Å². The molecule has 0 aromatic heterocycles. The zero-order valence-electron chi connectivity index (χ0n) is 5.14. The summed E-state index contributed by atoms with van der Waals surface area (Å²) in [6.07, 6.45) is 6.42. The Bertz CT molecular complexity index is 114. The molecule has 4 atom stereocenters. The fourth-order valence-corrected chi connectivity index (χ4v) is 3.15. The summed E-state index contributed by atoms with van der Waals surface area (Å²) in [6, 6.07) is 0. The van der Waals surface area contributed by atoms with Gasteiger partial charge in [0.25, 0.3) is 0 Å². The van der Waals surface area contributed by atoms with E-state index >= 15 is 0 Å². The second-order valence-corrected chi connectivity index (χ2v) is 3.90. The molecule has 0 heterocycles. The molecule has 3 rings (SSSR count). The molecular weight excluding hydrogens is 96.1 g/mol. The maximum atomic E-state index is 1.62. The Kier molecular flexibility index (Phi) is 0.482. The Labute approximate surface area is 50.3 Å². The molecule has 3 fully saturated rings. The minimum absolute atomic E-state index is 1.21. The van der Waals surface area contributed by atoms with Crippen molar-refractivity contribution in [3.05, 3.63) is 0 Å². The van der Waals surface area contributed by atoms with E-state index in [1.165, 1.54) is 23.7 Å². The fourth-order valence-electron chi connectivity index (χ4n) is 3.15. The maximum Gasteiger partial charge on any atom is -0.0352 e. The summed E-state index contributed by atoms with van der Waals surface area (Å²) < 4.78 is 0. The highest BCUT2D eigenvalue weighted by Gasteiger charge is 2.56. The molecule has 3 aliphatic carbocycles. The first-order valence-corrected chi connectivity index (χ1v) is 3.95. The van der Waals surface area contributed by atoms with Crippen molar-refractivity contribution in [2.75, 3.05) is 0 Å². The van der Waals surface area contributed by atoms with E-state index in [0.717, 1.165) is 0 Å². The van der Waals surface area contributed by atoms with Gasteiger partial charge in [0.05, 0.1) is 0 Å². The number of fused-ring (bicyclic) bond motifs is 5. The third-order valence-corrected chi connectivity index (χ3v) is 3.62. The van der Waals surface area contributed by atoms with Crippen LogP contribution in [0.5, 0.6) is 0 Å². The molecule has 0 N–H and O–H groups in total. The highest BCUT2D eigenvalue weighted by Crippen LogP contribution is 2.65. The lowest BCUT2D eigenvalue weighted by Crippen LogP contribution is -1.95. The molecule has 0 aliphatic heterocycles. The van der Waals surface area contributed by atoms with Gasteiger partial charge in [-0.1, -0.05) is 0 Å². The monoisotopic (exact) mass is 108 g/mol. The average molecular weight is 108 g/mol. The zero-order chi connectivity index (χ0) is 5.14. The van der Waals surface area contributed by atoms with Gasteiger partial charge in [-0.05, 0) is 49.4 Å². The summed E-state index contributed by atoms with van der Waals surface area (Å²) in [4.78, 5) is 0. The smallest absolute Gasteiger partial charge is 0.0352 e.